The van der Waals surface area contributed by atoms with E-state index in [0.29, 0.717) is 5.75 Å². The molecule has 0 saturated carbocycles. The van der Waals surface area contributed by atoms with Gasteiger partial charge in [0.25, 0.3) is 5.91 Å². The number of benzene rings is 1. The van der Waals surface area contributed by atoms with Gasteiger partial charge in [-0.15, -0.1) is 0 Å². The molecule has 8 heteroatoms. The normalized spacial score (nSPS) is 12.6. The topological polar surface area (TPSA) is 125 Å². The molecular weight excluding hydrogens is 328 g/mol. The summed E-state index contributed by atoms with van der Waals surface area (Å²) in [5.41, 5.74) is 5.56. The van der Waals surface area contributed by atoms with E-state index in [1.54, 1.807) is 13.8 Å². The van der Waals surface area contributed by atoms with Crippen LogP contribution < -0.4 is 15.8 Å². The Bertz CT molecular complexity index is 641. The monoisotopic (exact) mass is 350 g/mol. The fourth-order valence-corrected chi connectivity index (χ4v) is 2.06. The highest BCUT2D eigenvalue weighted by atomic mass is 16.5. The third-order valence-corrected chi connectivity index (χ3v) is 3.31. The van der Waals surface area contributed by atoms with Crippen molar-refractivity contribution in [3.05, 3.63) is 29.8 Å². The SMILES string of the molecule is CCOC(=O)[C@H](C)C[C@@H](NC(=O)c1ccc(OC(C)=O)cc1)C(N)=O. The summed E-state index contributed by atoms with van der Waals surface area (Å²) in [5.74, 6) is -2.52. The zero-order valence-electron chi connectivity index (χ0n) is 14.4. The lowest BCUT2D eigenvalue weighted by molar-refractivity contribution is -0.147. The molecule has 0 aliphatic carbocycles. The molecule has 2 amide bonds. The molecule has 25 heavy (non-hydrogen) atoms. The lowest BCUT2D eigenvalue weighted by Gasteiger charge is -2.19. The van der Waals surface area contributed by atoms with E-state index in [4.69, 9.17) is 15.2 Å². The second kappa shape index (κ2) is 9.41. The van der Waals surface area contributed by atoms with E-state index in [1.807, 2.05) is 0 Å². The summed E-state index contributed by atoms with van der Waals surface area (Å²) in [5, 5.41) is 2.49. The molecule has 0 heterocycles. The molecule has 0 saturated heterocycles. The molecule has 0 radical (unpaired) electrons. The van der Waals surface area contributed by atoms with E-state index in [0.717, 1.165) is 0 Å². The first kappa shape index (κ1) is 20.1. The number of esters is 2. The molecule has 1 rings (SSSR count). The fraction of sp³-hybridized carbons (Fsp3) is 0.412. The van der Waals surface area contributed by atoms with Gasteiger partial charge in [-0.3, -0.25) is 19.2 Å². The van der Waals surface area contributed by atoms with Crippen molar-refractivity contribution in [1.29, 1.82) is 0 Å². The van der Waals surface area contributed by atoms with Gasteiger partial charge in [-0.25, -0.2) is 0 Å². The van der Waals surface area contributed by atoms with Crippen LogP contribution in [0.2, 0.25) is 0 Å². The van der Waals surface area contributed by atoms with Crippen molar-refractivity contribution in [2.45, 2.75) is 33.2 Å². The average Bonchev–Trinajstić information content (AvgIpc) is 2.54. The molecule has 136 valence electrons. The van der Waals surface area contributed by atoms with Crippen LogP contribution in [0.5, 0.6) is 5.75 Å². The number of carbonyl (C=O) groups excluding carboxylic acids is 4. The first-order valence-electron chi connectivity index (χ1n) is 7.79. The maximum Gasteiger partial charge on any atom is 0.308 e. The number of primary amides is 1. The second-order valence-electron chi connectivity index (χ2n) is 5.44. The van der Waals surface area contributed by atoms with Crippen LogP contribution in [0.4, 0.5) is 0 Å². The molecule has 0 spiro atoms. The van der Waals surface area contributed by atoms with Crippen LogP contribution in [0.3, 0.4) is 0 Å². The maximum absolute atomic E-state index is 12.2. The summed E-state index contributed by atoms with van der Waals surface area (Å²) in [6, 6.07) is 4.79. The minimum atomic E-state index is -1.01. The minimum absolute atomic E-state index is 0.0332. The van der Waals surface area contributed by atoms with Gasteiger partial charge in [0.1, 0.15) is 11.8 Å². The standard InChI is InChI=1S/C17H22N2O6/c1-4-24-17(23)10(2)9-14(15(18)21)19-16(22)12-5-7-13(8-6-12)25-11(3)20/h5-8,10,14H,4,9H2,1-3H3,(H2,18,21)(H,19,22)/t10-,14-/m1/s1. The molecular formula is C17H22N2O6. The third-order valence-electron chi connectivity index (χ3n) is 3.31. The quantitative estimate of drug-likeness (QED) is 0.527. The van der Waals surface area contributed by atoms with Gasteiger partial charge in [-0.2, -0.15) is 0 Å². The van der Waals surface area contributed by atoms with Crippen LogP contribution >= 0.6 is 0 Å². The second-order valence-corrected chi connectivity index (χ2v) is 5.44. The van der Waals surface area contributed by atoms with Crippen molar-refractivity contribution in [1.82, 2.24) is 5.32 Å². The highest BCUT2D eigenvalue weighted by molar-refractivity contribution is 5.97. The van der Waals surface area contributed by atoms with Crippen LogP contribution in [0.15, 0.2) is 24.3 Å². The summed E-state index contributed by atoms with van der Waals surface area (Å²) >= 11 is 0. The summed E-state index contributed by atoms with van der Waals surface area (Å²) < 4.78 is 9.75. The first-order chi connectivity index (χ1) is 11.7. The molecule has 0 fully saturated rings. The summed E-state index contributed by atoms with van der Waals surface area (Å²) in [6.07, 6.45) is 0.0332. The van der Waals surface area contributed by atoms with E-state index in [1.165, 1.54) is 31.2 Å². The van der Waals surface area contributed by atoms with Crippen molar-refractivity contribution in [2.24, 2.45) is 11.7 Å². The van der Waals surface area contributed by atoms with Crippen LogP contribution in [0.1, 0.15) is 37.6 Å². The van der Waals surface area contributed by atoms with Gasteiger partial charge in [-0.1, -0.05) is 6.92 Å². The Balaban J connectivity index is 2.74. The van der Waals surface area contributed by atoms with Gasteiger partial charge in [0.2, 0.25) is 5.91 Å². The lowest BCUT2D eigenvalue weighted by atomic mass is 10.0. The number of hydrogen-bond donors (Lipinski definition) is 2. The number of nitrogens with two attached hydrogens (primary N) is 1. The number of carbonyl (C=O) groups is 4. The molecule has 0 aromatic heterocycles. The van der Waals surface area contributed by atoms with E-state index >= 15 is 0 Å². The predicted molar refractivity (Wildman–Crippen MR) is 88.6 cm³/mol. The van der Waals surface area contributed by atoms with E-state index < -0.39 is 35.7 Å². The van der Waals surface area contributed by atoms with Gasteiger partial charge in [-0.05, 0) is 37.6 Å². The van der Waals surface area contributed by atoms with Crippen molar-refractivity contribution in [2.75, 3.05) is 6.61 Å². The van der Waals surface area contributed by atoms with Crippen molar-refractivity contribution >= 4 is 23.8 Å². The maximum atomic E-state index is 12.2. The predicted octanol–water partition coefficient (Wildman–Crippen LogP) is 0.785. The Morgan fingerprint density at radius 2 is 1.76 bits per heavy atom. The molecule has 1 aromatic carbocycles. The van der Waals surface area contributed by atoms with Crippen molar-refractivity contribution in [3.63, 3.8) is 0 Å². The highest BCUT2D eigenvalue weighted by Gasteiger charge is 2.25. The molecule has 3 N–H and O–H groups in total. The third kappa shape index (κ3) is 6.62. The van der Waals surface area contributed by atoms with Crippen LogP contribution in [0, 0.1) is 5.92 Å². The number of nitrogens with one attached hydrogen (secondary N) is 1. The Morgan fingerprint density at radius 3 is 2.24 bits per heavy atom. The molecule has 0 unspecified atom stereocenters. The van der Waals surface area contributed by atoms with Gasteiger partial charge >= 0.3 is 11.9 Å². The van der Waals surface area contributed by atoms with E-state index in [9.17, 15) is 19.2 Å². The number of amides is 2. The zero-order chi connectivity index (χ0) is 19.0. The molecule has 0 aliphatic rings. The molecule has 0 aliphatic heterocycles. The van der Waals surface area contributed by atoms with E-state index in [2.05, 4.69) is 5.32 Å². The molecule has 1 aromatic rings. The average molecular weight is 350 g/mol. The highest BCUT2D eigenvalue weighted by Crippen LogP contribution is 2.14. The largest absolute Gasteiger partial charge is 0.466 e. The zero-order valence-corrected chi connectivity index (χ0v) is 14.4. The smallest absolute Gasteiger partial charge is 0.308 e. The lowest BCUT2D eigenvalue weighted by Crippen LogP contribution is -2.46. The minimum Gasteiger partial charge on any atom is -0.466 e. The Labute approximate surface area is 145 Å². The van der Waals surface area contributed by atoms with Gasteiger partial charge in [0, 0.05) is 12.5 Å². The van der Waals surface area contributed by atoms with Gasteiger partial charge in [0.15, 0.2) is 0 Å². The van der Waals surface area contributed by atoms with Crippen LogP contribution in [0.25, 0.3) is 0 Å². The number of ether oxygens (including phenoxy) is 2. The van der Waals surface area contributed by atoms with Crippen molar-refractivity contribution in [3.8, 4) is 5.75 Å². The first-order valence-corrected chi connectivity index (χ1v) is 7.79. The number of hydrogen-bond acceptors (Lipinski definition) is 6. The Hall–Kier alpha value is -2.90. The van der Waals surface area contributed by atoms with Gasteiger partial charge in [0.05, 0.1) is 12.5 Å². The molecule has 2 atom stereocenters. The number of rotatable bonds is 8. The molecule has 0 bridgehead atoms. The summed E-state index contributed by atoms with van der Waals surface area (Å²) in [4.78, 5) is 46.3. The van der Waals surface area contributed by atoms with Crippen LogP contribution in [-0.2, 0) is 19.1 Å². The molecule has 8 nitrogen and oxygen atoms in total. The van der Waals surface area contributed by atoms with Crippen LogP contribution in [-0.4, -0.2) is 36.4 Å². The van der Waals surface area contributed by atoms with Crippen molar-refractivity contribution < 1.29 is 28.7 Å². The fourth-order valence-electron chi connectivity index (χ4n) is 2.06. The Morgan fingerprint density at radius 1 is 1.16 bits per heavy atom. The summed E-state index contributed by atoms with van der Waals surface area (Å²) in [6.45, 7) is 4.76. The Kier molecular flexibility index (Phi) is 7.58. The summed E-state index contributed by atoms with van der Waals surface area (Å²) in [7, 11) is 0. The van der Waals surface area contributed by atoms with Gasteiger partial charge < -0.3 is 20.5 Å². The van der Waals surface area contributed by atoms with E-state index in [-0.39, 0.29) is 18.6 Å².